The third-order valence-electron chi connectivity index (χ3n) is 3.10. The van der Waals surface area contributed by atoms with Crippen LogP contribution in [-0.2, 0) is 10.9 Å². The first-order valence-electron chi connectivity index (χ1n) is 6.36. The molecule has 2 rings (SSSR count). The zero-order chi connectivity index (χ0) is 16.3. The number of aliphatic hydroxyl groups excluding tert-OH is 1. The molecular weight excluding hydrogens is 297 g/mol. The van der Waals surface area contributed by atoms with E-state index in [4.69, 9.17) is 10.5 Å². The lowest BCUT2D eigenvalue weighted by molar-refractivity contribution is -0.137. The number of ether oxygens (including phenoxy) is 1. The molecule has 2 aromatic carbocycles. The summed E-state index contributed by atoms with van der Waals surface area (Å²) in [4.78, 5) is 0. The van der Waals surface area contributed by atoms with Crippen LogP contribution >= 0.6 is 0 Å². The number of benzene rings is 2. The van der Waals surface area contributed by atoms with Gasteiger partial charge in [0.05, 0.1) is 16.9 Å². The molecule has 0 saturated heterocycles. The van der Waals surface area contributed by atoms with Crippen molar-refractivity contribution in [1.29, 1.82) is 0 Å². The molecule has 0 saturated carbocycles. The fourth-order valence-corrected chi connectivity index (χ4v) is 1.94. The number of hydrogen-bond donors (Lipinski definition) is 3. The van der Waals surface area contributed by atoms with E-state index in [1.165, 1.54) is 13.2 Å². The molecule has 0 spiro atoms. The first kappa shape index (κ1) is 16.1. The van der Waals surface area contributed by atoms with Gasteiger partial charge in [0.15, 0.2) is 6.29 Å². The van der Waals surface area contributed by atoms with Crippen molar-refractivity contribution in [3.63, 3.8) is 0 Å². The zero-order valence-electron chi connectivity index (χ0n) is 11.7. The van der Waals surface area contributed by atoms with Crippen LogP contribution < -0.4 is 11.1 Å². The van der Waals surface area contributed by atoms with Crippen molar-refractivity contribution in [2.75, 3.05) is 18.2 Å². The van der Waals surface area contributed by atoms with Gasteiger partial charge in [0.1, 0.15) is 0 Å². The van der Waals surface area contributed by atoms with Crippen molar-refractivity contribution in [1.82, 2.24) is 0 Å². The lowest BCUT2D eigenvalue weighted by Crippen LogP contribution is -2.08. The number of hydrogen-bond acceptors (Lipinski definition) is 4. The number of aliphatic hydroxyl groups is 1. The van der Waals surface area contributed by atoms with Crippen molar-refractivity contribution in [3.05, 3.63) is 53.6 Å². The summed E-state index contributed by atoms with van der Waals surface area (Å²) < 4.78 is 43.1. The van der Waals surface area contributed by atoms with E-state index in [1.54, 1.807) is 24.3 Å². The zero-order valence-corrected chi connectivity index (χ0v) is 11.7. The van der Waals surface area contributed by atoms with Gasteiger partial charge in [0.2, 0.25) is 0 Å². The van der Waals surface area contributed by atoms with E-state index < -0.39 is 18.0 Å². The van der Waals surface area contributed by atoms with Gasteiger partial charge < -0.3 is 20.9 Å². The van der Waals surface area contributed by atoms with Crippen LogP contribution in [0.4, 0.5) is 30.2 Å². The summed E-state index contributed by atoms with van der Waals surface area (Å²) in [5, 5.41) is 12.6. The van der Waals surface area contributed by atoms with Crippen LogP contribution in [0.5, 0.6) is 0 Å². The summed E-state index contributed by atoms with van der Waals surface area (Å²) in [5.41, 5.74) is 5.96. The van der Waals surface area contributed by atoms with Gasteiger partial charge in [-0.2, -0.15) is 13.2 Å². The predicted octanol–water partition coefficient (Wildman–Crippen LogP) is 3.67. The second-order valence-electron chi connectivity index (χ2n) is 4.60. The van der Waals surface area contributed by atoms with E-state index in [1.807, 2.05) is 0 Å². The van der Waals surface area contributed by atoms with E-state index >= 15 is 0 Å². The number of anilines is 3. The highest BCUT2D eigenvalue weighted by molar-refractivity contribution is 5.74. The van der Waals surface area contributed by atoms with Gasteiger partial charge in [-0.25, -0.2) is 0 Å². The number of halogens is 3. The third-order valence-corrected chi connectivity index (χ3v) is 3.10. The Bertz CT molecular complexity index is 659. The molecule has 0 aliphatic heterocycles. The molecule has 0 heterocycles. The van der Waals surface area contributed by atoms with Gasteiger partial charge in [-0.15, -0.1) is 0 Å². The van der Waals surface area contributed by atoms with Crippen molar-refractivity contribution in [3.8, 4) is 0 Å². The van der Waals surface area contributed by atoms with Crippen LogP contribution in [0.1, 0.15) is 17.4 Å². The number of nitrogens with one attached hydrogen (secondary N) is 1. The molecule has 0 radical (unpaired) electrons. The number of alkyl halides is 3. The minimum atomic E-state index is -4.46. The van der Waals surface area contributed by atoms with Crippen molar-refractivity contribution in [2.45, 2.75) is 12.5 Å². The minimum absolute atomic E-state index is 0.102. The van der Waals surface area contributed by atoms with Crippen LogP contribution in [0.15, 0.2) is 42.5 Å². The molecule has 0 aliphatic rings. The lowest BCUT2D eigenvalue weighted by atomic mass is 10.1. The van der Waals surface area contributed by atoms with Crippen LogP contribution in [0, 0.1) is 0 Å². The second-order valence-corrected chi connectivity index (χ2v) is 4.60. The average Bonchev–Trinajstić information content (AvgIpc) is 2.48. The fraction of sp³-hybridized carbons (Fsp3) is 0.200. The Kier molecular flexibility index (Phi) is 4.58. The number of methoxy groups -OCH3 is 1. The molecule has 2 aromatic rings. The highest BCUT2D eigenvalue weighted by atomic mass is 19.4. The Labute approximate surface area is 125 Å². The van der Waals surface area contributed by atoms with Gasteiger partial charge in [0.25, 0.3) is 0 Å². The summed E-state index contributed by atoms with van der Waals surface area (Å²) in [6.07, 6.45) is -5.66. The SMILES string of the molecule is COC(O)c1ccccc1Nc1cc(C(F)(F)F)ccc1N. The Hall–Kier alpha value is -2.25. The molecule has 0 aromatic heterocycles. The molecule has 1 unspecified atom stereocenters. The van der Waals surface area contributed by atoms with Crippen LogP contribution in [0.3, 0.4) is 0 Å². The Balaban J connectivity index is 2.39. The van der Waals surface area contributed by atoms with Gasteiger partial charge in [-0.05, 0) is 24.3 Å². The molecular formula is C15H15F3N2O2. The maximum Gasteiger partial charge on any atom is 0.416 e. The van der Waals surface area contributed by atoms with Crippen LogP contribution in [0.25, 0.3) is 0 Å². The first-order valence-corrected chi connectivity index (χ1v) is 6.36. The maximum absolute atomic E-state index is 12.8. The minimum Gasteiger partial charge on any atom is -0.397 e. The summed E-state index contributed by atoms with van der Waals surface area (Å²) in [5.74, 6) is 0. The van der Waals surface area contributed by atoms with E-state index in [0.717, 1.165) is 12.1 Å². The van der Waals surface area contributed by atoms with E-state index in [0.29, 0.717) is 11.3 Å². The molecule has 22 heavy (non-hydrogen) atoms. The van der Waals surface area contributed by atoms with E-state index in [-0.39, 0.29) is 11.4 Å². The molecule has 0 fully saturated rings. The van der Waals surface area contributed by atoms with Crippen LogP contribution in [0.2, 0.25) is 0 Å². The van der Waals surface area contributed by atoms with E-state index in [9.17, 15) is 18.3 Å². The number of rotatable bonds is 4. The molecule has 4 nitrogen and oxygen atoms in total. The summed E-state index contributed by atoms with van der Waals surface area (Å²) in [6.45, 7) is 0. The molecule has 118 valence electrons. The van der Waals surface area contributed by atoms with Gasteiger partial charge in [-0.1, -0.05) is 18.2 Å². The Morgan fingerprint density at radius 3 is 2.45 bits per heavy atom. The number of para-hydroxylation sites is 1. The van der Waals surface area contributed by atoms with Crippen LogP contribution in [-0.4, -0.2) is 12.2 Å². The monoisotopic (exact) mass is 312 g/mol. The molecule has 0 bridgehead atoms. The largest absolute Gasteiger partial charge is 0.416 e. The topological polar surface area (TPSA) is 67.5 Å². The fourth-order valence-electron chi connectivity index (χ4n) is 1.94. The summed E-state index contributed by atoms with van der Waals surface area (Å²) in [7, 11) is 1.32. The van der Waals surface area contributed by atoms with E-state index in [2.05, 4.69) is 5.32 Å². The lowest BCUT2D eigenvalue weighted by Gasteiger charge is -2.17. The predicted molar refractivity (Wildman–Crippen MR) is 77.5 cm³/mol. The highest BCUT2D eigenvalue weighted by Crippen LogP contribution is 2.35. The quantitative estimate of drug-likeness (QED) is 0.595. The van der Waals surface area contributed by atoms with Crippen molar-refractivity contribution >= 4 is 17.1 Å². The van der Waals surface area contributed by atoms with Gasteiger partial charge >= 0.3 is 6.18 Å². The standard InChI is InChI=1S/C15H15F3N2O2/c1-22-14(21)10-4-2-3-5-12(10)20-13-8-9(15(16,17)18)6-7-11(13)19/h2-8,14,20-21H,19H2,1H3. The summed E-state index contributed by atoms with van der Waals surface area (Å²) in [6, 6.07) is 9.58. The van der Waals surface area contributed by atoms with Crippen molar-refractivity contribution in [2.24, 2.45) is 0 Å². The maximum atomic E-state index is 12.8. The molecule has 4 N–H and O–H groups in total. The molecule has 0 aliphatic carbocycles. The third kappa shape index (κ3) is 3.49. The average molecular weight is 312 g/mol. The Morgan fingerprint density at radius 1 is 1.14 bits per heavy atom. The molecule has 7 heteroatoms. The number of nitrogens with two attached hydrogens (primary N) is 1. The Morgan fingerprint density at radius 2 is 1.82 bits per heavy atom. The molecule has 1 atom stereocenters. The highest BCUT2D eigenvalue weighted by Gasteiger charge is 2.31. The second kappa shape index (κ2) is 6.25. The summed E-state index contributed by atoms with van der Waals surface area (Å²) >= 11 is 0. The normalized spacial score (nSPS) is 13.0. The van der Waals surface area contributed by atoms with Gasteiger partial charge in [0, 0.05) is 18.4 Å². The first-order chi connectivity index (χ1) is 10.3. The smallest absolute Gasteiger partial charge is 0.397 e. The molecule has 0 amide bonds. The number of nitrogen functional groups attached to an aromatic ring is 1. The van der Waals surface area contributed by atoms with Crippen molar-refractivity contribution < 1.29 is 23.0 Å². The van der Waals surface area contributed by atoms with Gasteiger partial charge in [-0.3, -0.25) is 0 Å².